The Hall–Kier alpha value is -2.07. The van der Waals surface area contributed by atoms with Crippen molar-refractivity contribution in [2.45, 2.75) is 26.4 Å². The summed E-state index contributed by atoms with van der Waals surface area (Å²) in [5.74, 6) is 0.694. The van der Waals surface area contributed by atoms with Gasteiger partial charge in [0.2, 0.25) is 0 Å². The predicted molar refractivity (Wildman–Crippen MR) is 79.7 cm³/mol. The minimum absolute atomic E-state index is 0.402. The highest BCUT2D eigenvalue weighted by molar-refractivity contribution is 6.06. The maximum atomic E-state index is 9.32. The van der Waals surface area contributed by atoms with Crippen molar-refractivity contribution in [1.29, 1.82) is 0 Å². The highest BCUT2D eigenvalue weighted by Crippen LogP contribution is 2.30. The minimum Gasteiger partial charge on any atom is -0.492 e. The molecule has 2 aromatic carbocycles. The molecule has 0 aliphatic heterocycles. The molecule has 1 unspecified atom stereocenters. The van der Waals surface area contributed by atoms with Crippen LogP contribution in [0.3, 0.4) is 0 Å². The zero-order valence-electron chi connectivity index (χ0n) is 11.7. The summed E-state index contributed by atoms with van der Waals surface area (Å²) in [6.07, 6.45) is 0.152. The van der Waals surface area contributed by atoms with Crippen molar-refractivity contribution in [3.05, 3.63) is 42.0 Å². The summed E-state index contributed by atoms with van der Waals surface area (Å²) in [4.78, 5) is 0. The van der Waals surface area contributed by atoms with Crippen LogP contribution >= 0.6 is 0 Å². The van der Waals surface area contributed by atoms with Crippen molar-refractivity contribution in [1.82, 2.24) is 0 Å². The third-order valence-corrected chi connectivity index (χ3v) is 3.20. The summed E-state index contributed by atoms with van der Waals surface area (Å²) in [5, 5.41) is 23.6. The Balaban J connectivity index is 2.45. The first-order valence-electron chi connectivity index (χ1n) is 6.65. The second-order valence-corrected chi connectivity index (χ2v) is 4.83. The van der Waals surface area contributed by atoms with Gasteiger partial charge in [-0.25, -0.2) is 0 Å². The molecule has 0 amide bonds. The molecule has 0 saturated heterocycles. The van der Waals surface area contributed by atoms with Crippen molar-refractivity contribution in [3.63, 3.8) is 0 Å². The van der Waals surface area contributed by atoms with Crippen molar-refractivity contribution < 1.29 is 15.1 Å². The van der Waals surface area contributed by atoms with Crippen LogP contribution in [0.25, 0.3) is 10.8 Å². The van der Waals surface area contributed by atoms with E-state index in [9.17, 15) is 5.11 Å². The van der Waals surface area contributed by atoms with Crippen LogP contribution in [0.4, 0.5) is 0 Å². The van der Waals surface area contributed by atoms with E-state index in [0.717, 1.165) is 16.3 Å². The molecule has 2 rings (SSSR count). The van der Waals surface area contributed by atoms with Gasteiger partial charge >= 0.3 is 0 Å². The van der Waals surface area contributed by atoms with Crippen LogP contribution in [0.15, 0.2) is 41.6 Å². The number of hydrogen-bond acceptors (Lipinski definition) is 4. The highest BCUT2D eigenvalue weighted by Gasteiger charge is 2.12. The van der Waals surface area contributed by atoms with Crippen molar-refractivity contribution in [2.75, 3.05) is 6.61 Å². The Morgan fingerprint density at radius 3 is 2.70 bits per heavy atom. The van der Waals surface area contributed by atoms with Crippen LogP contribution in [0.5, 0.6) is 5.75 Å². The number of nitrogens with zero attached hydrogens (tertiary/aromatic N) is 1. The molecule has 0 saturated carbocycles. The van der Waals surface area contributed by atoms with Gasteiger partial charge in [-0.05, 0) is 25.3 Å². The molecule has 4 heteroatoms. The number of oxime groups is 1. The molecule has 0 aliphatic rings. The maximum Gasteiger partial charge on any atom is 0.136 e. The summed E-state index contributed by atoms with van der Waals surface area (Å²) < 4.78 is 5.83. The molecule has 0 aromatic heterocycles. The van der Waals surface area contributed by atoms with E-state index in [1.807, 2.05) is 36.4 Å². The topological polar surface area (TPSA) is 62.1 Å². The molecule has 0 bridgehead atoms. The molecule has 0 radical (unpaired) electrons. The predicted octanol–water partition coefficient (Wildman–Crippen LogP) is 3.19. The van der Waals surface area contributed by atoms with Gasteiger partial charge in [0.1, 0.15) is 5.75 Å². The van der Waals surface area contributed by atoms with Gasteiger partial charge in [0, 0.05) is 17.4 Å². The van der Waals surface area contributed by atoms with E-state index in [4.69, 9.17) is 9.94 Å². The van der Waals surface area contributed by atoms with Crippen molar-refractivity contribution in [3.8, 4) is 5.75 Å². The first-order valence-corrected chi connectivity index (χ1v) is 6.65. The van der Waals surface area contributed by atoms with Gasteiger partial charge in [0.15, 0.2) is 0 Å². The minimum atomic E-state index is -0.402. The summed E-state index contributed by atoms with van der Waals surface area (Å²) in [5.41, 5.74) is 1.26. The fourth-order valence-corrected chi connectivity index (χ4v) is 2.07. The molecule has 0 aliphatic carbocycles. The van der Waals surface area contributed by atoms with Crippen LogP contribution in [0, 0.1) is 0 Å². The Kier molecular flexibility index (Phi) is 4.58. The molecule has 4 nitrogen and oxygen atoms in total. The number of fused-ring (bicyclic) bond motifs is 1. The standard InChI is InChI=1S/C16H19NO3/c1-11(18)9-10-20-16-14(12(2)17-19)8-7-13-5-3-4-6-15(13)16/h3-8,11,18-19H,9-10H2,1-2H3/b17-12+. The van der Waals surface area contributed by atoms with E-state index >= 15 is 0 Å². The maximum absolute atomic E-state index is 9.32. The number of benzene rings is 2. The van der Waals surface area contributed by atoms with Crippen LogP contribution in [0.2, 0.25) is 0 Å². The zero-order chi connectivity index (χ0) is 14.5. The van der Waals surface area contributed by atoms with Crippen LogP contribution in [-0.2, 0) is 0 Å². The number of ether oxygens (including phenoxy) is 1. The van der Waals surface area contributed by atoms with Crippen molar-refractivity contribution in [2.24, 2.45) is 5.16 Å². The van der Waals surface area contributed by atoms with Gasteiger partial charge in [-0.15, -0.1) is 0 Å². The second-order valence-electron chi connectivity index (χ2n) is 4.83. The van der Waals surface area contributed by atoms with Gasteiger partial charge in [0.25, 0.3) is 0 Å². The van der Waals surface area contributed by atoms with Crippen LogP contribution in [-0.4, -0.2) is 28.7 Å². The Morgan fingerprint density at radius 1 is 1.25 bits per heavy atom. The molecule has 2 N–H and O–H groups in total. The van der Waals surface area contributed by atoms with Gasteiger partial charge < -0.3 is 15.1 Å². The number of hydrogen-bond donors (Lipinski definition) is 2. The van der Waals surface area contributed by atoms with E-state index in [1.54, 1.807) is 13.8 Å². The SMILES string of the molecule is C/C(=N\O)c1ccc2ccccc2c1OCCC(C)O. The van der Waals surface area contributed by atoms with Crippen molar-refractivity contribution >= 4 is 16.5 Å². The lowest BCUT2D eigenvalue weighted by Crippen LogP contribution is -2.10. The quantitative estimate of drug-likeness (QED) is 0.499. The monoisotopic (exact) mass is 273 g/mol. The Labute approximate surface area is 118 Å². The molecule has 1 atom stereocenters. The van der Waals surface area contributed by atoms with E-state index in [0.29, 0.717) is 24.5 Å². The van der Waals surface area contributed by atoms with E-state index < -0.39 is 6.10 Å². The summed E-state index contributed by atoms with van der Waals surface area (Å²) in [7, 11) is 0. The highest BCUT2D eigenvalue weighted by atomic mass is 16.5. The molecule has 2 aromatic rings. The third kappa shape index (κ3) is 3.08. The lowest BCUT2D eigenvalue weighted by molar-refractivity contribution is 0.156. The molecule has 0 heterocycles. The second kappa shape index (κ2) is 6.39. The lowest BCUT2D eigenvalue weighted by Gasteiger charge is -2.14. The van der Waals surface area contributed by atoms with Crippen LogP contribution < -0.4 is 4.74 Å². The largest absolute Gasteiger partial charge is 0.492 e. The van der Waals surface area contributed by atoms with Gasteiger partial charge in [-0.2, -0.15) is 0 Å². The Bertz CT molecular complexity index is 620. The first-order chi connectivity index (χ1) is 9.63. The normalized spacial score (nSPS) is 13.4. The van der Waals surface area contributed by atoms with E-state index in [-0.39, 0.29) is 0 Å². The number of rotatable bonds is 5. The molecule has 0 fully saturated rings. The summed E-state index contributed by atoms with van der Waals surface area (Å²) in [6.45, 7) is 3.87. The third-order valence-electron chi connectivity index (χ3n) is 3.20. The van der Waals surface area contributed by atoms with Gasteiger partial charge in [0.05, 0.1) is 18.4 Å². The fourth-order valence-electron chi connectivity index (χ4n) is 2.07. The van der Waals surface area contributed by atoms with E-state index in [1.165, 1.54) is 0 Å². The molecular weight excluding hydrogens is 254 g/mol. The smallest absolute Gasteiger partial charge is 0.136 e. The number of aliphatic hydroxyl groups is 1. The average Bonchev–Trinajstić information content (AvgIpc) is 2.46. The number of aliphatic hydroxyl groups excluding tert-OH is 1. The summed E-state index contributed by atoms with van der Waals surface area (Å²) in [6, 6.07) is 11.7. The van der Waals surface area contributed by atoms with Crippen LogP contribution in [0.1, 0.15) is 25.8 Å². The molecule has 0 spiro atoms. The Morgan fingerprint density at radius 2 is 2.00 bits per heavy atom. The first kappa shape index (κ1) is 14.3. The van der Waals surface area contributed by atoms with Gasteiger partial charge in [-0.1, -0.05) is 35.5 Å². The lowest BCUT2D eigenvalue weighted by atomic mass is 10.0. The molecule has 106 valence electrons. The molecule has 20 heavy (non-hydrogen) atoms. The fraction of sp³-hybridized carbons (Fsp3) is 0.312. The average molecular weight is 273 g/mol. The zero-order valence-corrected chi connectivity index (χ0v) is 11.7. The molecular formula is C16H19NO3. The summed E-state index contributed by atoms with van der Waals surface area (Å²) >= 11 is 0. The van der Waals surface area contributed by atoms with Gasteiger partial charge in [-0.3, -0.25) is 0 Å². The van der Waals surface area contributed by atoms with E-state index in [2.05, 4.69) is 5.16 Å².